The molecule has 1 aromatic rings. The average Bonchev–Trinajstić information content (AvgIpc) is 2.88. The second kappa shape index (κ2) is 6.42. The fourth-order valence-corrected chi connectivity index (χ4v) is 5.21. The molecule has 0 saturated carbocycles. The third-order valence-electron chi connectivity index (χ3n) is 4.44. The van der Waals surface area contributed by atoms with Crippen molar-refractivity contribution in [1.29, 1.82) is 0 Å². The maximum absolute atomic E-state index is 12.8. The lowest BCUT2D eigenvalue weighted by molar-refractivity contribution is 0.228. The number of fused-ring (bicyclic) bond motifs is 1. The van der Waals surface area contributed by atoms with Crippen LogP contribution in [0.2, 0.25) is 5.02 Å². The third-order valence-corrected chi connectivity index (χ3v) is 6.68. The molecule has 0 bridgehead atoms. The van der Waals surface area contributed by atoms with Crippen LogP contribution in [0.5, 0.6) is 0 Å². The second-order valence-electron chi connectivity index (χ2n) is 5.74. The van der Waals surface area contributed by atoms with E-state index in [9.17, 15) is 8.42 Å². The van der Waals surface area contributed by atoms with Crippen molar-refractivity contribution in [2.24, 2.45) is 11.8 Å². The summed E-state index contributed by atoms with van der Waals surface area (Å²) in [5.41, 5.74) is 0.751. The first kappa shape index (κ1) is 17.0. The van der Waals surface area contributed by atoms with Gasteiger partial charge in [-0.25, -0.2) is 8.42 Å². The van der Waals surface area contributed by atoms with Crippen LogP contribution in [0.4, 0.5) is 0 Å². The van der Waals surface area contributed by atoms with Gasteiger partial charge in [0.2, 0.25) is 10.0 Å². The molecule has 3 rings (SSSR count). The molecule has 2 atom stereocenters. The highest BCUT2D eigenvalue weighted by Gasteiger charge is 2.38. The lowest BCUT2D eigenvalue weighted by Crippen LogP contribution is -2.43. The van der Waals surface area contributed by atoms with Crippen LogP contribution in [-0.4, -0.2) is 38.9 Å². The van der Waals surface area contributed by atoms with Gasteiger partial charge in [-0.05, 0) is 56.0 Å². The second-order valence-corrected chi connectivity index (χ2v) is 8.08. The van der Waals surface area contributed by atoms with Crippen molar-refractivity contribution < 1.29 is 8.42 Å². The minimum atomic E-state index is -3.43. The lowest BCUT2D eigenvalue weighted by Gasteiger charge is -2.33. The molecule has 0 amide bonds. The van der Waals surface area contributed by atoms with E-state index in [1.807, 2.05) is 6.92 Å². The largest absolute Gasteiger partial charge is 0.316 e. The first-order valence-corrected chi connectivity index (χ1v) is 8.77. The van der Waals surface area contributed by atoms with Crippen molar-refractivity contribution in [3.8, 4) is 0 Å². The Kier molecular flexibility index (Phi) is 5.21. The van der Waals surface area contributed by atoms with Crippen LogP contribution < -0.4 is 5.32 Å². The number of hydrogen-bond donors (Lipinski definition) is 1. The Morgan fingerprint density at radius 1 is 1.29 bits per heavy atom. The Labute approximate surface area is 137 Å². The Balaban J connectivity index is 0.00000161. The predicted octanol–water partition coefficient (Wildman–Crippen LogP) is 2.30. The van der Waals surface area contributed by atoms with Crippen molar-refractivity contribution in [2.45, 2.75) is 18.2 Å². The number of nitrogens with one attached hydrogen (secondary N) is 1. The van der Waals surface area contributed by atoms with Gasteiger partial charge >= 0.3 is 0 Å². The minimum Gasteiger partial charge on any atom is -0.316 e. The molecule has 2 aliphatic heterocycles. The number of rotatable bonds is 2. The van der Waals surface area contributed by atoms with E-state index in [1.54, 1.807) is 22.5 Å². The van der Waals surface area contributed by atoms with Gasteiger partial charge in [-0.3, -0.25) is 0 Å². The molecule has 118 valence electrons. The Morgan fingerprint density at radius 2 is 2.00 bits per heavy atom. The smallest absolute Gasteiger partial charge is 0.243 e. The summed E-state index contributed by atoms with van der Waals surface area (Å²) in [5.74, 6) is 1.07. The minimum absolute atomic E-state index is 0. The van der Waals surface area contributed by atoms with Gasteiger partial charge in [0.05, 0.1) is 4.90 Å². The number of aryl methyl sites for hydroxylation is 1. The summed E-state index contributed by atoms with van der Waals surface area (Å²) in [6, 6.07) is 5.05. The fourth-order valence-electron chi connectivity index (χ4n) is 3.21. The topological polar surface area (TPSA) is 49.4 Å². The van der Waals surface area contributed by atoms with Gasteiger partial charge in [-0.1, -0.05) is 17.7 Å². The molecule has 2 heterocycles. The number of hydrogen-bond acceptors (Lipinski definition) is 3. The molecule has 7 heteroatoms. The average molecular weight is 351 g/mol. The van der Waals surface area contributed by atoms with Gasteiger partial charge in [-0.2, -0.15) is 4.31 Å². The maximum atomic E-state index is 12.8. The summed E-state index contributed by atoms with van der Waals surface area (Å²) >= 11 is 5.96. The highest BCUT2D eigenvalue weighted by atomic mass is 35.5. The van der Waals surface area contributed by atoms with E-state index in [4.69, 9.17) is 11.6 Å². The molecule has 2 fully saturated rings. The van der Waals surface area contributed by atoms with E-state index in [-0.39, 0.29) is 12.4 Å². The van der Waals surface area contributed by atoms with Crippen LogP contribution in [0.3, 0.4) is 0 Å². The normalized spacial score (nSPS) is 26.2. The Morgan fingerprint density at radius 3 is 2.76 bits per heavy atom. The summed E-state index contributed by atoms with van der Waals surface area (Å²) in [6.45, 7) is 4.98. The number of benzene rings is 1. The van der Waals surface area contributed by atoms with Crippen LogP contribution in [0.1, 0.15) is 12.0 Å². The van der Waals surface area contributed by atoms with Gasteiger partial charge in [-0.15, -0.1) is 12.4 Å². The summed E-state index contributed by atoms with van der Waals surface area (Å²) in [5, 5.41) is 3.82. The van der Waals surface area contributed by atoms with Crippen molar-refractivity contribution in [3.63, 3.8) is 0 Å². The van der Waals surface area contributed by atoms with E-state index in [0.717, 1.165) is 25.1 Å². The Hall–Kier alpha value is -0.330. The molecule has 2 unspecified atom stereocenters. The molecule has 0 aromatic heterocycles. The molecule has 0 radical (unpaired) electrons. The third kappa shape index (κ3) is 3.22. The highest BCUT2D eigenvalue weighted by Crippen LogP contribution is 2.31. The molecular weight excluding hydrogens is 331 g/mol. The molecule has 1 N–H and O–H groups in total. The standard InChI is InChI=1S/C14H19ClN2O2S.ClH/c1-10-2-3-13(15)6-14(10)20(18,19)17-5-4-11-7-16-8-12(11)9-17;/h2-3,6,11-12,16H,4-5,7-9H2,1H3;1H. The van der Waals surface area contributed by atoms with E-state index in [2.05, 4.69) is 5.32 Å². The summed E-state index contributed by atoms with van der Waals surface area (Å²) in [4.78, 5) is 0.342. The SMILES string of the molecule is Cc1ccc(Cl)cc1S(=O)(=O)N1CCC2CNCC2C1.Cl. The van der Waals surface area contributed by atoms with Crippen LogP contribution in [0.15, 0.2) is 23.1 Å². The zero-order chi connectivity index (χ0) is 14.3. The monoisotopic (exact) mass is 350 g/mol. The quantitative estimate of drug-likeness (QED) is 0.890. The van der Waals surface area contributed by atoms with Gasteiger partial charge in [0.25, 0.3) is 0 Å². The van der Waals surface area contributed by atoms with Gasteiger partial charge < -0.3 is 5.32 Å². The highest BCUT2D eigenvalue weighted by molar-refractivity contribution is 7.89. The van der Waals surface area contributed by atoms with Crippen LogP contribution in [0.25, 0.3) is 0 Å². The van der Waals surface area contributed by atoms with Crippen molar-refractivity contribution in [1.82, 2.24) is 9.62 Å². The van der Waals surface area contributed by atoms with E-state index in [0.29, 0.717) is 34.8 Å². The molecule has 2 saturated heterocycles. The van der Waals surface area contributed by atoms with Crippen LogP contribution >= 0.6 is 24.0 Å². The molecule has 2 aliphatic rings. The molecule has 21 heavy (non-hydrogen) atoms. The number of sulfonamides is 1. The first-order chi connectivity index (χ1) is 9.48. The summed E-state index contributed by atoms with van der Waals surface area (Å²) in [6.07, 6.45) is 0.941. The van der Waals surface area contributed by atoms with Crippen LogP contribution in [-0.2, 0) is 10.0 Å². The number of halogens is 2. The van der Waals surface area contributed by atoms with Crippen molar-refractivity contribution >= 4 is 34.0 Å². The van der Waals surface area contributed by atoms with E-state index in [1.165, 1.54) is 0 Å². The fraction of sp³-hybridized carbons (Fsp3) is 0.571. The molecule has 0 aliphatic carbocycles. The van der Waals surface area contributed by atoms with Crippen LogP contribution in [0, 0.1) is 18.8 Å². The molecule has 1 aromatic carbocycles. The molecule has 0 spiro atoms. The Bertz CT molecular complexity index is 621. The summed E-state index contributed by atoms with van der Waals surface area (Å²) < 4.78 is 27.2. The van der Waals surface area contributed by atoms with E-state index >= 15 is 0 Å². The number of piperidine rings is 1. The van der Waals surface area contributed by atoms with E-state index < -0.39 is 10.0 Å². The van der Waals surface area contributed by atoms with Crippen molar-refractivity contribution in [3.05, 3.63) is 28.8 Å². The summed E-state index contributed by atoms with van der Waals surface area (Å²) in [7, 11) is -3.43. The zero-order valence-corrected chi connectivity index (χ0v) is 14.3. The van der Waals surface area contributed by atoms with Gasteiger partial charge in [0.1, 0.15) is 0 Å². The predicted molar refractivity (Wildman–Crippen MR) is 86.7 cm³/mol. The van der Waals surface area contributed by atoms with Gasteiger partial charge in [0.15, 0.2) is 0 Å². The molecule has 4 nitrogen and oxygen atoms in total. The number of nitrogens with zero attached hydrogens (tertiary/aromatic N) is 1. The maximum Gasteiger partial charge on any atom is 0.243 e. The zero-order valence-electron chi connectivity index (χ0n) is 11.9. The van der Waals surface area contributed by atoms with Crippen molar-refractivity contribution in [2.75, 3.05) is 26.2 Å². The lowest BCUT2D eigenvalue weighted by atomic mass is 9.90. The van der Waals surface area contributed by atoms with Gasteiger partial charge in [0, 0.05) is 18.1 Å². The molecular formula is C14H20Cl2N2O2S. The first-order valence-electron chi connectivity index (χ1n) is 6.95.